The van der Waals surface area contributed by atoms with Crippen molar-refractivity contribution in [1.29, 1.82) is 0 Å². The van der Waals surface area contributed by atoms with Crippen molar-refractivity contribution in [3.05, 3.63) is 52.3 Å². The lowest BCUT2D eigenvalue weighted by Gasteiger charge is -2.36. The lowest BCUT2D eigenvalue weighted by Crippen LogP contribution is -2.48. The Morgan fingerprint density at radius 3 is 2.50 bits per heavy atom. The van der Waals surface area contributed by atoms with Crippen LogP contribution in [0.2, 0.25) is 0 Å². The molecule has 1 aliphatic rings. The van der Waals surface area contributed by atoms with Crippen molar-refractivity contribution in [2.45, 2.75) is 0 Å². The Kier molecular flexibility index (Phi) is 4.37. The lowest BCUT2D eigenvalue weighted by atomic mass is 10.2. The van der Waals surface area contributed by atoms with Gasteiger partial charge in [-0.15, -0.1) is 0 Å². The van der Waals surface area contributed by atoms with Gasteiger partial charge in [-0.2, -0.15) is 0 Å². The van der Waals surface area contributed by atoms with Crippen molar-refractivity contribution < 1.29 is 18.9 Å². The summed E-state index contributed by atoms with van der Waals surface area (Å²) in [6.07, 6.45) is 0. The third kappa shape index (κ3) is 3.03. The van der Waals surface area contributed by atoms with Crippen LogP contribution in [0, 0.1) is 10.1 Å². The molecule has 1 amide bonds. The van der Waals surface area contributed by atoms with Gasteiger partial charge in [0.05, 0.1) is 18.9 Å². The van der Waals surface area contributed by atoms with Crippen LogP contribution in [-0.4, -0.2) is 49.0 Å². The number of nitro groups is 1. The molecule has 0 bridgehead atoms. The summed E-state index contributed by atoms with van der Waals surface area (Å²) in [5.41, 5.74) is 0.987. The van der Waals surface area contributed by atoms with Crippen molar-refractivity contribution in [3.63, 3.8) is 0 Å². The Labute approximate surface area is 138 Å². The summed E-state index contributed by atoms with van der Waals surface area (Å²) in [6, 6.07) is 10.3. The maximum absolute atomic E-state index is 12.4. The Morgan fingerprint density at radius 1 is 1.17 bits per heavy atom. The highest BCUT2D eigenvalue weighted by molar-refractivity contribution is 5.92. The monoisotopic (exact) mass is 331 g/mol. The number of amides is 1. The molecular weight excluding hydrogens is 314 g/mol. The van der Waals surface area contributed by atoms with Crippen LogP contribution >= 0.6 is 0 Å². The second-order valence-electron chi connectivity index (χ2n) is 5.35. The molecule has 8 heteroatoms. The molecule has 2 aromatic rings. The zero-order valence-electron chi connectivity index (χ0n) is 13.2. The number of hydrogen-bond donors (Lipinski definition) is 0. The number of anilines is 1. The predicted octanol–water partition coefficient (Wildman–Crippen LogP) is 2.16. The number of methoxy groups -OCH3 is 1. The quantitative estimate of drug-likeness (QED) is 0.630. The number of rotatable bonds is 4. The summed E-state index contributed by atoms with van der Waals surface area (Å²) in [5, 5.41) is 10.6. The summed E-state index contributed by atoms with van der Waals surface area (Å²) in [7, 11) is 1.63. The van der Waals surface area contributed by atoms with Crippen LogP contribution < -0.4 is 9.64 Å². The van der Waals surface area contributed by atoms with Gasteiger partial charge in [0.1, 0.15) is 10.7 Å². The molecule has 0 spiro atoms. The van der Waals surface area contributed by atoms with Crippen LogP contribution in [0.25, 0.3) is 0 Å². The molecule has 3 rings (SSSR count). The van der Waals surface area contributed by atoms with E-state index in [4.69, 9.17) is 9.15 Å². The molecule has 1 fully saturated rings. The number of piperazine rings is 1. The fourth-order valence-corrected chi connectivity index (χ4v) is 2.74. The van der Waals surface area contributed by atoms with Gasteiger partial charge in [0.2, 0.25) is 0 Å². The molecular formula is C16H17N3O5. The van der Waals surface area contributed by atoms with Gasteiger partial charge < -0.3 is 19.0 Å². The topological polar surface area (TPSA) is 89.1 Å². The van der Waals surface area contributed by atoms with E-state index in [1.165, 1.54) is 12.1 Å². The second kappa shape index (κ2) is 6.61. The Morgan fingerprint density at radius 2 is 1.88 bits per heavy atom. The van der Waals surface area contributed by atoms with E-state index in [-0.39, 0.29) is 11.7 Å². The van der Waals surface area contributed by atoms with Crippen molar-refractivity contribution in [3.8, 4) is 5.75 Å². The number of carbonyl (C=O) groups excluding carboxylic acids is 1. The Balaban J connectivity index is 1.66. The third-order valence-electron chi connectivity index (χ3n) is 3.98. The smallest absolute Gasteiger partial charge is 0.433 e. The normalized spacial score (nSPS) is 14.5. The molecule has 1 aromatic heterocycles. The van der Waals surface area contributed by atoms with Crippen molar-refractivity contribution in [2.24, 2.45) is 0 Å². The number of ether oxygens (including phenoxy) is 1. The lowest BCUT2D eigenvalue weighted by molar-refractivity contribution is -0.402. The highest BCUT2D eigenvalue weighted by atomic mass is 16.6. The number of carbonyl (C=O) groups is 1. The van der Waals surface area contributed by atoms with Crippen LogP contribution in [0.3, 0.4) is 0 Å². The zero-order chi connectivity index (χ0) is 17.1. The van der Waals surface area contributed by atoms with E-state index in [0.29, 0.717) is 26.2 Å². The highest BCUT2D eigenvalue weighted by Crippen LogP contribution is 2.28. The van der Waals surface area contributed by atoms with Gasteiger partial charge in [-0.25, -0.2) is 0 Å². The average molecular weight is 331 g/mol. The van der Waals surface area contributed by atoms with Gasteiger partial charge in [0.25, 0.3) is 5.91 Å². The van der Waals surface area contributed by atoms with Crippen molar-refractivity contribution in [2.75, 3.05) is 38.2 Å². The molecule has 0 radical (unpaired) electrons. The van der Waals surface area contributed by atoms with Gasteiger partial charge in [-0.1, -0.05) is 12.1 Å². The van der Waals surface area contributed by atoms with Crippen LogP contribution in [0.4, 0.5) is 11.6 Å². The van der Waals surface area contributed by atoms with Gasteiger partial charge in [-0.3, -0.25) is 14.9 Å². The first-order valence-corrected chi connectivity index (χ1v) is 7.51. The number of furan rings is 1. The first-order valence-electron chi connectivity index (χ1n) is 7.51. The molecule has 1 aromatic carbocycles. The minimum absolute atomic E-state index is 0.00700. The van der Waals surface area contributed by atoms with Crippen LogP contribution in [0.1, 0.15) is 10.6 Å². The molecule has 2 heterocycles. The van der Waals surface area contributed by atoms with Gasteiger partial charge in [0, 0.05) is 26.2 Å². The highest BCUT2D eigenvalue weighted by Gasteiger charge is 2.26. The second-order valence-corrected chi connectivity index (χ2v) is 5.35. The fraction of sp³-hybridized carbons (Fsp3) is 0.312. The van der Waals surface area contributed by atoms with E-state index < -0.39 is 10.8 Å². The molecule has 0 aliphatic carbocycles. The van der Waals surface area contributed by atoms with Crippen LogP contribution in [0.5, 0.6) is 5.75 Å². The van der Waals surface area contributed by atoms with E-state index in [2.05, 4.69) is 4.90 Å². The van der Waals surface area contributed by atoms with Gasteiger partial charge in [-0.05, 0) is 18.2 Å². The molecule has 0 unspecified atom stereocenters. The van der Waals surface area contributed by atoms with Crippen LogP contribution in [-0.2, 0) is 0 Å². The number of nitrogens with zero attached hydrogens (tertiary/aromatic N) is 3. The predicted molar refractivity (Wildman–Crippen MR) is 86.5 cm³/mol. The van der Waals surface area contributed by atoms with Crippen LogP contribution in [0.15, 0.2) is 40.8 Å². The molecule has 0 atom stereocenters. The molecule has 0 saturated carbocycles. The average Bonchev–Trinajstić information content (AvgIpc) is 3.11. The standard InChI is InChI=1S/C16H17N3O5/c1-23-13-5-3-2-4-12(13)17-8-10-18(11-9-17)16(20)14-6-7-15(24-14)19(21)22/h2-7H,8-11H2,1H3. The Bertz CT molecular complexity index is 750. The van der Waals surface area contributed by atoms with E-state index >= 15 is 0 Å². The van der Waals surface area contributed by atoms with Crippen molar-refractivity contribution in [1.82, 2.24) is 4.90 Å². The minimum atomic E-state index is -0.656. The third-order valence-corrected chi connectivity index (χ3v) is 3.98. The fourth-order valence-electron chi connectivity index (χ4n) is 2.74. The maximum Gasteiger partial charge on any atom is 0.433 e. The molecule has 8 nitrogen and oxygen atoms in total. The SMILES string of the molecule is COc1ccccc1N1CCN(C(=O)c2ccc([N+](=O)[O-])o2)CC1. The van der Waals surface area contributed by atoms with Gasteiger partial charge in [0.15, 0.2) is 5.76 Å². The first kappa shape index (κ1) is 15.9. The van der Waals surface area contributed by atoms with Crippen molar-refractivity contribution >= 4 is 17.5 Å². The summed E-state index contributed by atoms with van der Waals surface area (Å²) >= 11 is 0. The molecule has 1 saturated heterocycles. The zero-order valence-corrected chi connectivity index (χ0v) is 13.2. The summed E-state index contributed by atoms with van der Waals surface area (Å²) in [5.74, 6) is 0.0279. The molecule has 0 N–H and O–H groups in total. The Hall–Kier alpha value is -3.03. The molecule has 126 valence electrons. The summed E-state index contributed by atoms with van der Waals surface area (Å²) < 4.78 is 10.4. The number of benzene rings is 1. The van der Waals surface area contributed by atoms with E-state index in [9.17, 15) is 14.9 Å². The number of para-hydroxylation sites is 2. The minimum Gasteiger partial charge on any atom is -0.495 e. The molecule has 1 aliphatic heterocycles. The van der Waals surface area contributed by atoms with E-state index in [0.717, 1.165) is 11.4 Å². The maximum atomic E-state index is 12.4. The number of hydrogen-bond acceptors (Lipinski definition) is 6. The largest absolute Gasteiger partial charge is 0.495 e. The molecule has 24 heavy (non-hydrogen) atoms. The first-order chi connectivity index (χ1) is 11.6. The summed E-state index contributed by atoms with van der Waals surface area (Å²) in [4.78, 5) is 26.1. The van der Waals surface area contributed by atoms with E-state index in [1.807, 2.05) is 24.3 Å². The summed E-state index contributed by atoms with van der Waals surface area (Å²) in [6.45, 7) is 2.31. The van der Waals surface area contributed by atoms with Gasteiger partial charge >= 0.3 is 5.88 Å². The van der Waals surface area contributed by atoms with E-state index in [1.54, 1.807) is 12.0 Å².